The maximum Gasteiger partial charge on any atom is 0.270 e. The van der Waals surface area contributed by atoms with Crippen molar-refractivity contribution in [3.63, 3.8) is 0 Å². The van der Waals surface area contributed by atoms with Crippen LogP contribution in [-0.2, 0) is 0 Å². The van der Waals surface area contributed by atoms with Crippen molar-refractivity contribution in [3.05, 3.63) is 35.9 Å². The second-order valence-corrected chi connectivity index (χ2v) is 8.86. The number of fused-ring (bicyclic) bond motifs is 2. The first kappa shape index (κ1) is 14.0. The third kappa shape index (κ3) is 2.21. The monoisotopic (exact) mass is 320 g/mol. The Morgan fingerprint density at radius 1 is 1.14 bits per heavy atom. The molecule has 112 valence electrons. The maximum absolute atomic E-state index is 13.0. The molecule has 4 rings (SSSR count). The first-order valence-electron chi connectivity index (χ1n) is 7.75. The van der Waals surface area contributed by atoms with Crippen LogP contribution in [0.3, 0.4) is 0 Å². The SMILES string of the molecule is O=C(c1ccccc1)N1N[C@H]2CCCC[C@@H]2C12SCCS2. The fourth-order valence-corrected chi connectivity index (χ4v) is 7.42. The molecule has 0 bridgehead atoms. The Morgan fingerprint density at radius 3 is 2.62 bits per heavy atom. The normalized spacial score (nSPS) is 30.6. The van der Waals surface area contributed by atoms with Crippen LogP contribution in [0.4, 0.5) is 0 Å². The number of hydrazine groups is 1. The largest absolute Gasteiger partial charge is 0.270 e. The molecule has 1 saturated carbocycles. The van der Waals surface area contributed by atoms with Crippen LogP contribution in [-0.4, -0.2) is 32.7 Å². The Balaban J connectivity index is 1.68. The van der Waals surface area contributed by atoms with Crippen molar-refractivity contribution < 1.29 is 4.79 Å². The molecule has 1 aromatic carbocycles. The Kier molecular flexibility index (Phi) is 3.67. The third-order valence-electron chi connectivity index (χ3n) is 4.77. The van der Waals surface area contributed by atoms with Gasteiger partial charge < -0.3 is 0 Å². The zero-order valence-corrected chi connectivity index (χ0v) is 13.6. The fourth-order valence-electron chi connectivity index (χ4n) is 3.81. The molecule has 2 heterocycles. The number of rotatable bonds is 1. The van der Waals surface area contributed by atoms with E-state index in [-0.39, 0.29) is 10.1 Å². The fraction of sp³-hybridized carbons (Fsp3) is 0.562. The molecule has 1 aliphatic carbocycles. The number of hydrogen-bond acceptors (Lipinski definition) is 4. The van der Waals surface area contributed by atoms with Crippen LogP contribution < -0.4 is 5.43 Å². The highest BCUT2D eigenvalue weighted by molar-refractivity contribution is 8.21. The van der Waals surface area contributed by atoms with E-state index in [1.54, 1.807) is 0 Å². The summed E-state index contributed by atoms with van der Waals surface area (Å²) in [7, 11) is 0. The van der Waals surface area contributed by atoms with Crippen molar-refractivity contribution in [1.82, 2.24) is 10.4 Å². The Morgan fingerprint density at radius 2 is 1.86 bits per heavy atom. The number of thioether (sulfide) groups is 2. The summed E-state index contributed by atoms with van der Waals surface area (Å²) in [5, 5.41) is 1.98. The molecule has 1 aromatic rings. The van der Waals surface area contributed by atoms with E-state index in [4.69, 9.17) is 0 Å². The van der Waals surface area contributed by atoms with Gasteiger partial charge in [-0.05, 0) is 25.0 Å². The average molecular weight is 320 g/mol. The van der Waals surface area contributed by atoms with Crippen LogP contribution >= 0.6 is 23.5 Å². The van der Waals surface area contributed by atoms with Crippen LogP contribution in [0.2, 0.25) is 0 Å². The Bertz CT molecular complexity index is 530. The van der Waals surface area contributed by atoms with Gasteiger partial charge in [-0.15, -0.1) is 23.5 Å². The highest BCUT2D eigenvalue weighted by atomic mass is 32.2. The quantitative estimate of drug-likeness (QED) is 0.860. The number of nitrogens with zero attached hydrogens (tertiary/aromatic N) is 1. The van der Waals surface area contributed by atoms with E-state index in [0.717, 1.165) is 17.1 Å². The van der Waals surface area contributed by atoms with E-state index in [2.05, 4.69) is 5.43 Å². The molecule has 0 aromatic heterocycles. The molecule has 1 N–H and O–H groups in total. The van der Waals surface area contributed by atoms with Crippen molar-refractivity contribution in [3.8, 4) is 0 Å². The average Bonchev–Trinajstić information content (AvgIpc) is 3.15. The van der Waals surface area contributed by atoms with Gasteiger partial charge in [0.2, 0.25) is 0 Å². The lowest BCUT2D eigenvalue weighted by Gasteiger charge is -2.37. The van der Waals surface area contributed by atoms with E-state index in [1.165, 1.54) is 25.7 Å². The molecular weight excluding hydrogens is 300 g/mol. The summed E-state index contributed by atoms with van der Waals surface area (Å²) in [6, 6.07) is 10.2. The van der Waals surface area contributed by atoms with E-state index in [1.807, 2.05) is 58.9 Å². The molecule has 2 atom stereocenters. The Labute approximate surface area is 134 Å². The lowest BCUT2D eigenvalue weighted by Crippen LogP contribution is -2.48. The van der Waals surface area contributed by atoms with Gasteiger partial charge in [0.15, 0.2) is 4.20 Å². The van der Waals surface area contributed by atoms with Gasteiger partial charge in [-0.1, -0.05) is 31.0 Å². The molecule has 2 aliphatic heterocycles. The van der Waals surface area contributed by atoms with Crippen molar-refractivity contribution in [2.45, 2.75) is 35.9 Å². The van der Waals surface area contributed by atoms with E-state index in [9.17, 15) is 4.79 Å². The van der Waals surface area contributed by atoms with Crippen LogP contribution in [0.5, 0.6) is 0 Å². The molecule has 3 nitrogen and oxygen atoms in total. The number of carbonyl (C=O) groups is 1. The minimum absolute atomic E-state index is 0.0714. The molecule has 3 aliphatic rings. The van der Waals surface area contributed by atoms with Crippen LogP contribution in [0.25, 0.3) is 0 Å². The second-order valence-electron chi connectivity index (χ2n) is 5.96. The molecule has 3 fully saturated rings. The standard InChI is InChI=1S/C16H20N2OS2/c19-15(12-6-2-1-3-7-12)18-16(20-10-11-21-16)13-8-4-5-9-14(13)17-18/h1-3,6-7,13-14,17H,4-5,8-11H2/t13-,14-/m0/s1. The van der Waals surface area contributed by atoms with E-state index >= 15 is 0 Å². The molecular formula is C16H20N2OS2. The topological polar surface area (TPSA) is 32.3 Å². The summed E-state index contributed by atoms with van der Waals surface area (Å²) in [6.45, 7) is 0. The summed E-state index contributed by atoms with van der Waals surface area (Å²) < 4.78 is -0.0714. The van der Waals surface area contributed by atoms with Crippen LogP contribution in [0.15, 0.2) is 30.3 Å². The number of benzene rings is 1. The summed E-state index contributed by atoms with van der Waals surface area (Å²) in [4.78, 5) is 13.0. The van der Waals surface area contributed by atoms with Gasteiger partial charge in [-0.3, -0.25) is 4.79 Å². The van der Waals surface area contributed by atoms with E-state index < -0.39 is 0 Å². The van der Waals surface area contributed by atoms with Gasteiger partial charge in [0.1, 0.15) is 0 Å². The summed E-state index contributed by atoms with van der Waals surface area (Å²) in [5.74, 6) is 3.02. The molecule has 1 amide bonds. The van der Waals surface area contributed by atoms with Gasteiger partial charge in [-0.25, -0.2) is 10.4 Å². The lowest BCUT2D eigenvalue weighted by atomic mass is 9.85. The number of carbonyl (C=O) groups excluding carboxylic acids is 1. The lowest BCUT2D eigenvalue weighted by molar-refractivity contribution is 0.0670. The molecule has 2 saturated heterocycles. The van der Waals surface area contributed by atoms with Crippen LogP contribution in [0.1, 0.15) is 36.0 Å². The van der Waals surface area contributed by atoms with Gasteiger partial charge in [0.05, 0.1) is 0 Å². The van der Waals surface area contributed by atoms with Gasteiger partial charge in [0.25, 0.3) is 5.91 Å². The van der Waals surface area contributed by atoms with Gasteiger partial charge in [-0.2, -0.15) is 0 Å². The minimum atomic E-state index is -0.0714. The molecule has 21 heavy (non-hydrogen) atoms. The van der Waals surface area contributed by atoms with Crippen LogP contribution in [0, 0.1) is 5.92 Å². The first-order valence-corrected chi connectivity index (χ1v) is 9.72. The molecule has 1 spiro atoms. The Hall–Kier alpha value is -0.650. The zero-order valence-electron chi connectivity index (χ0n) is 12.0. The minimum Gasteiger partial charge on any atom is -0.268 e. The summed E-state index contributed by atoms with van der Waals surface area (Å²) in [5.41, 5.74) is 4.35. The summed E-state index contributed by atoms with van der Waals surface area (Å²) >= 11 is 3.95. The highest BCUT2D eigenvalue weighted by Gasteiger charge is 2.58. The van der Waals surface area contributed by atoms with Crippen molar-refractivity contribution in [2.24, 2.45) is 5.92 Å². The first-order chi connectivity index (χ1) is 10.3. The van der Waals surface area contributed by atoms with Gasteiger partial charge in [0, 0.05) is 29.0 Å². The molecule has 5 heteroatoms. The second kappa shape index (κ2) is 5.52. The maximum atomic E-state index is 13.0. The van der Waals surface area contributed by atoms with Gasteiger partial charge >= 0.3 is 0 Å². The predicted molar refractivity (Wildman–Crippen MR) is 89.1 cm³/mol. The molecule has 0 radical (unpaired) electrons. The van der Waals surface area contributed by atoms with Crippen molar-refractivity contribution >= 4 is 29.4 Å². The summed E-state index contributed by atoms with van der Waals surface area (Å²) in [6.07, 6.45) is 5.04. The molecule has 0 unspecified atom stereocenters. The van der Waals surface area contributed by atoms with Crippen molar-refractivity contribution in [1.29, 1.82) is 0 Å². The number of amides is 1. The zero-order chi connectivity index (χ0) is 14.3. The third-order valence-corrected chi connectivity index (χ3v) is 8.35. The van der Waals surface area contributed by atoms with Crippen molar-refractivity contribution in [2.75, 3.05) is 11.5 Å². The smallest absolute Gasteiger partial charge is 0.268 e. The van der Waals surface area contributed by atoms with E-state index in [0.29, 0.717) is 12.0 Å². The predicted octanol–water partition coefficient (Wildman–Crippen LogP) is 3.34. The highest BCUT2D eigenvalue weighted by Crippen LogP contribution is 2.58. The number of nitrogens with one attached hydrogen (secondary N) is 1. The number of hydrogen-bond donors (Lipinski definition) is 1.